The number of hydrogen-bond donors (Lipinski definition) is 3. The van der Waals surface area contributed by atoms with Gasteiger partial charge in [0.15, 0.2) is 0 Å². The Bertz CT molecular complexity index is 1050. The number of hydrazine groups is 1. The molecule has 2 aliphatic carbocycles. The van der Waals surface area contributed by atoms with E-state index in [9.17, 15) is 26.4 Å². The third-order valence-electron chi connectivity index (χ3n) is 5.19. The van der Waals surface area contributed by atoms with Gasteiger partial charge in [0.05, 0.1) is 16.1 Å². The number of sulfonamides is 1. The number of carbonyl (C=O) groups is 1. The molecule has 3 N–H and O–H groups in total. The van der Waals surface area contributed by atoms with Gasteiger partial charge in [-0.3, -0.25) is 15.6 Å². The Morgan fingerprint density at radius 1 is 1.00 bits per heavy atom. The summed E-state index contributed by atoms with van der Waals surface area (Å²) in [5, 5.41) is 0. The van der Waals surface area contributed by atoms with E-state index in [0.717, 1.165) is 18.9 Å². The maximum absolute atomic E-state index is 13.2. The molecule has 30 heavy (non-hydrogen) atoms. The molecule has 6 nitrogen and oxygen atoms in total. The van der Waals surface area contributed by atoms with Crippen molar-refractivity contribution in [3.63, 3.8) is 0 Å². The molecule has 0 aromatic heterocycles. The summed E-state index contributed by atoms with van der Waals surface area (Å²) in [6.45, 7) is 0. The summed E-state index contributed by atoms with van der Waals surface area (Å²) in [5.74, 6) is -1.45. The fourth-order valence-electron chi connectivity index (χ4n) is 3.34. The SMILES string of the molecule is O=C(NNc1ccc(S(=O)(=O)NC2CC2)cc1)C1CC1c1ccccc1C(F)(F)F. The second-order valence-corrected chi connectivity index (χ2v) is 9.28. The normalized spacial score (nSPS) is 21.2. The van der Waals surface area contributed by atoms with Crippen LogP contribution in [-0.2, 0) is 21.0 Å². The van der Waals surface area contributed by atoms with Gasteiger partial charge in [0.25, 0.3) is 0 Å². The Balaban J connectivity index is 1.34. The molecule has 160 valence electrons. The van der Waals surface area contributed by atoms with Gasteiger partial charge in [-0.05, 0) is 61.1 Å². The maximum atomic E-state index is 13.2. The van der Waals surface area contributed by atoms with Gasteiger partial charge < -0.3 is 0 Å². The van der Waals surface area contributed by atoms with E-state index >= 15 is 0 Å². The molecule has 2 aromatic rings. The van der Waals surface area contributed by atoms with Crippen molar-refractivity contribution in [2.24, 2.45) is 5.92 Å². The van der Waals surface area contributed by atoms with E-state index < -0.39 is 39.5 Å². The molecule has 0 bridgehead atoms. The van der Waals surface area contributed by atoms with Crippen LogP contribution in [0.25, 0.3) is 0 Å². The Hall–Kier alpha value is -2.59. The molecule has 0 aliphatic heterocycles. The van der Waals surface area contributed by atoms with Crippen LogP contribution in [0.3, 0.4) is 0 Å². The first-order valence-corrected chi connectivity index (χ1v) is 11.0. The molecule has 4 rings (SSSR count). The Kier molecular flexibility index (Phi) is 5.23. The molecule has 0 radical (unpaired) electrons. The number of hydrogen-bond acceptors (Lipinski definition) is 4. The van der Waals surface area contributed by atoms with E-state index in [0.29, 0.717) is 12.1 Å². The second kappa shape index (κ2) is 7.59. The summed E-state index contributed by atoms with van der Waals surface area (Å²) < 4.78 is 66.4. The summed E-state index contributed by atoms with van der Waals surface area (Å²) >= 11 is 0. The van der Waals surface area contributed by atoms with E-state index in [1.165, 1.54) is 42.5 Å². The van der Waals surface area contributed by atoms with Gasteiger partial charge in [0.1, 0.15) is 0 Å². The lowest BCUT2D eigenvalue weighted by molar-refractivity contribution is -0.138. The Morgan fingerprint density at radius 3 is 2.30 bits per heavy atom. The fourth-order valence-corrected chi connectivity index (χ4v) is 4.64. The molecule has 2 saturated carbocycles. The number of alkyl halides is 3. The van der Waals surface area contributed by atoms with Crippen molar-refractivity contribution in [3.05, 3.63) is 59.7 Å². The number of rotatable bonds is 7. The first-order valence-electron chi connectivity index (χ1n) is 9.49. The standard InChI is InChI=1S/C20H20F3N3O3S/c21-20(22,23)18-4-2-1-3-15(18)16-11-17(16)19(27)25-24-12-7-9-14(10-8-12)30(28,29)26-13-5-6-13/h1-4,7-10,13,16-17,24,26H,5-6,11H2,(H,25,27). The van der Waals surface area contributed by atoms with Gasteiger partial charge >= 0.3 is 6.18 Å². The van der Waals surface area contributed by atoms with Gasteiger partial charge in [0.2, 0.25) is 15.9 Å². The highest BCUT2D eigenvalue weighted by molar-refractivity contribution is 7.89. The number of carbonyl (C=O) groups excluding carboxylic acids is 1. The minimum atomic E-state index is -4.46. The highest BCUT2D eigenvalue weighted by Crippen LogP contribution is 2.51. The summed E-state index contributed by atoms with van der Waals surface area (Å²) in [4.78, 5) is 12.4. The van der Waals surface area contributed by atoms with Crippen LogP contribution in [0.2, 0.25) is 0 Å². The van der Waals surface area contributed by atoms with Crippen molar-refractivity contribution in [2.75, 3.05) is 5.43 Å². The number of nitrogens with one attached hydrogen (secondary N) is 3. The molecule has 2 aromatic carbocycles. The van der Waals surface area contributed by atoms with E-state index in [-0.39, 0.29) is 16.5 Å². The third kappa shape index (κ3) is 4.59. The average molecular weight is 439 g/mol. The topological polar surface area (TPSA) is 87.3 Å². The van der Waals surface area contributed by atoms with Crippen molar-refractivity contribution in [2.45, 2.75) is 42.3 Å². The van der Waals surface area contributed by atoms with Crippen LogP contribution < -0.4 is 15.6 Å². The number of amides is 1. The first-order chi connectivity index (χ1) is 14.1. The largest absolute Gasteiger partial charge is 0.416 e. The summed E-state index contributed by atoms with van der Waals surface area (Å²) in [6.07, 6.45) is -2.46. The Morgan fingerprint density at radius 2 is 1.67 bits per heavy atom. The van der Waals surface area contributed by atoms with Crippen LogP contribution in [-0.4, -0.2) is 20.4 Å². The average Bonchev–Trinajstić information content (AvgIpc) is 3.61. The van der Waals surface area contributed by atoms with Crippen LogP contribution >= 0.6 is 0 Å². The Labute approximate surface area is 171 Å². The highest BCUT2D eigenvalue weighted by atomic mass is 32.2. The van der Waals surface area contributed by atoms with Gasteiger partial charge in [-0.25, -0.2) is 13.1 Å². The van der Waals surface area contributed by atoms with Crippen LogP contribution in [0, 0.1) is 5.92 Å². The van der Waals surface area contributed by atoms with E-state index in [1.54, 1.807) is 0 Å². The first kappa shape index (κ1) is 20.7. The smallest absolute Gasteiger partial charge is 0.299 e. The van der Waals surface area contributed by atoms with Crippen LogP contribution in [0.5, 0.6) is 0 Å². The van der Waals surface area contributed by atoms with Crippen LogP contribution in [0.4, 0.5) is 18.9 Å². The van der Waals surface area contributed by atoms with Crippen molar-refractivity contribution in [1.82, 2.24) is 10.1 Å². The summed E-state index contributed by atoms with van der Waals surface area (Å²) in [6, 6.07) is 11.1. The summed E-state index contributed by atoms with van der Waals surface area (Å²) in [5.41, 5.74) is 5.04. The molecule has 0 spiro atoms. The van der Waals surface area contributed by atoms with Crippen LogP contribution in [0.15, 0.2) is 53.4 Å². The van der Waals surface area contributed by atoms with Crippen molar-refractivity contribution in [3.8, 4) is 0 Å². The lowest BCUT2D eigenvalue weighted by atomic mass is 10.0. The molecule has 2 atom stereocenters. The highest BCUT2D eigenvalue weighted by Gasteiger charge is 2.47. The molecule has 0 saturated heterocycles. The van der Waals surface area contributed by atoms with Crippen molar-refractivity contribution < 1.29 is 26.4 Å². The molecule has 1 amide bonds. The number of halogens is 3. The number of benzene rings is 2. The van der Waals surface area contributed by atoms with Gasteiger partial charge in [0, 0.05) is 12.0 Å². The molecule has 0 heterocycles. The maximum Gasteiger partial charge on any atom is 0.416 e. The van der Waals surface area contributed by atoms with Crippen LogP contribution in [0.1, 0.15) is 36.3 Å². The fraction of sp³-hybridized carbons (Fsp3) is 0.350. The third-order valence-corrected chi connectivity index (χ3v) is 6.72. The minimum Gasteiger partial charge on any atom is -0.299 e. The quantitative estimate of drug-likeness (QED) is 0.577. The zero-order chi connectivity index (χ0) is 21.5. The lowest BCUT2D eigenvalue weighted by Gasteiger charge is -2.13. The zero-order valence-electron chi connectivity index (χ0n) is 15.7. The lowest BCUT2D eigenvalue weighted by Crippen LogP contribution is -2.31. The van der Waals surface area contributed by atoms with E-state index in [1.807, 2.05) is 0 Å². The molecule has 2 aliphatic rings. The predicted octanol–water partition coefficient (Wildman–Crippen LogP) is 3.39. The van der Waals surface area contributed by atoms with Gasteiger partial charge in [-0.2, -0.15) is 13.2 Å². The minimum absolute atomic E-state index is 0.000976. The van der Waals surface area contributed by atoms with E-state index in [2.05, 4.69) is 15.6 Å². The van der Waals surface area contributed by atoms with Crippen molar-refractivity contribution in [1.29, 1.82) is 0 Å². The molecule has 10 heteroatoms. The molecular formula is C20H20F3N3O3S. The summed E-state index contributed by atoms with van der Waals surface area (Å²) in [7, 11) is -3.56. The van der Waals surface area contributed by atoms with Gasteiger partial charge in [-0.15, -0.1) is 0 Å². The van der Waals surface area contributed by atoms with E-state index in [4.69, 9.17) is 0 Å². The molecule has 2 fully saturated rings. The molecular weight excluding hydrogens is 419 g/mol. The van der Waals surface area contributed by atoms with Crippen molar-refractivity contribution >= 4 is 21.6 Å². The number of anilines is 1. The monoisotopic (exact) mass is 439 g/mol. The zero-order valence-corrected chi connectivity index (χ0v) is 16.6. The second-order valence-electron chi connectivity index (χ2n) is 7.57. The predicted molar refractivity (Wildman–Crippen MR) is 104 cm³/mol. The van der Waals surface area contributed by atoms with Gasteiger partial charge in [-0.1, -0.05) is 18.2 Å². The molecule has 2 unspecified atom stereocenters.